The van der Waals surface area contributed by atoms with E-state index in [0.717, 1.165) is 0 Å². The first-order valence-electron chi connectivity index (χ1n) is 6.82. The minimum atomic E-state index is -5.39. The van der Waals surface area contributed by atoms with Gasteiger partial charge < -0.3 is 48.8 Å². The van der Waals surface area contributed by atoms with Crippen molar-refractivity contribution in [2.75, 3.05) is 19.8 Å². The Morgan fingerprint density at radius 1 is 1.00 bits per heavy atom. The number of phosphoric acid groups is 1. The van der Waals surface area contributed by atoms with Gasteiger partial charge in [0.15, 0.2) is 0 Å². The largest absolute Gasteiger partial charge is 1.00 e. The number of carboxylic acid groups (broad SMARTS) is 1. The monoisotopic (exact) mass is 464 g/mol. The number of aliphatic hydroxyl groups is 2. The maximum atomic E-state index is 9.49. The number of carbonyl (C=O) groups is 1. The van der Waals surface area contributed by atoms with Gasteiger partial charge in [0.1, 0.15) is 0 Å². The van der Waals surface area contributed by atoms with Crippen molar-refractivity contribution in [1.29, 1.82) is 0 Å². The zero-order valence-corrected chi connectivity index (χ0v) is 27.1. The Hall–Kier alpha value is 3.16. The summed E-state index contributed by atoms with van der Waals surface area (Å²) < 4.78 is 19.0. The molecule has 3 atom stereocenters. The third-order valence-corrected chi connectivity index (χ3v) is 1.84. The molecule has 0 aromatic heterocycles. The van der Waals surface area contributed by atoms with Crippen LogP contribution >= 0.6 is 7.82 Å². The summed E-state index contributed by atoms with van der Waals surface area (Å²) in [5, 5.41) is 27.1. The molecule has 0 saturated carbocycles. The van der Waals surface area contributed by atoms with Crippen LogP contribution in [0.4, 0.5) is 0 Å². The zero-order valence-electron chi connectivity index (χ0n) is 18.2. The van der Waals surface area contributed by atoms with E-state index >= 15 is 0 Å². The topological polar surface area (TPSA) is 185 Å². The average molecular weight is 464 g/mol. The van der Waals surface area contributed by atoms with Gasteiger partial charge in [0, 0.05) is 0 Å². The molecular weight excluding hydrogens is 439 g/mol. The van der Waals surface area contributed by atoms with Crippen LogP contribution < -0.4 is 138 Å². The SMILES string of the molecule is C=C(C)C(=O)[O-].CC(O)COC(C)COC(C)CO.O=P([O-])([O-])[O-].[Na+].[Na+].[Na+].[Na+]. The molecule has 0 aliphatic rings. The molecule has 0 fully saturated rings. The van der Waals surface area contributed by atoms with Crippen molar-refractivity contribution < 1.29 is 167 Å². The van der Waals surface area contributed by atoms with Gasteiger partial charge in [0.25, 0.3) is 0 Å². The molecule has 0 aromatic carbocycles. The molecular formula is C13H25Na4O10P. The first-order valence-corrected chi connectivity index (χ1v) is 8.28. The van der Waals surface area contributed by atoms with Crippen molar-refractivity contribution in [2.45, 2.75) is 46.0 Å². The number of carboxylic acids is 1. The van der Waals surface area contributed by atoms with E-state index in [1.165, 1.54) is 6.92 Å². The Morgan fingerprint density at radius 2 is 1.29 bits per heavy atom. The van der Waals surface area contributed by atoms with Crippen LogP contribution in [0.5, 0.6) is 0 Å². The summed E-state index contributed by atoms with van der Waals surface area (Å²) in [6, 6.07) is 0. The van der Waals surface area contributed by atoms with Crippen molar-refractivity contribution in [2.24, 2.45) is 0 Å². The molecule has 0 aliphatic heterocycles. The number of rotatable bonds is 8. The van der Waals surface area contributed by atoms with Gasteiger partial charge in [-0.05, 0) is 33.3 Å². The van der Waals surface area contributed by atoms with Gasteiger partial charge in [0.05, 0.1) is 44.1 Å². The van der Waals surface area contributed by atoms with Crippen molar-refractivity contribution in [3.05, 3.63) is 12.2 Å². The van der Waals surface area contributed by atoms with Crippen LogP contribution in [-0.2, 0) is 18.8 Å². The molecule has 0 radical (unpaired) electrons. The molecule has 0 spiro atoms. The molecule has 0 saturated heterocycles. The fourth-order valence-corrected chi connectivity index (χ4v) is 0.704. The second-order valence-electron chi connectivity index (χ2n) is 4.83. The number of hydrogen-bond acceptors (Lipinski definition) is 10. The molecule has 146 valence electrons. The second kappa shape index (κ2) is 30.2. The first-order chi connectivity index (χ1) is 10.7. The summed E-state index contributed by atoms with van der Waals surface area (Å²) in [5.41, 5.74) is 0.0648. The van der Waals surface area contributed by atoms with Gasteiger partial charge in [-0.25, -0.2) is 0 Å². The minimum Gasteiger partial charge on any atom is -0.822 e. The van der Waals surface area contributed by atoms with Gasteiger partial charge in [-0.2, -0.15) is 7.82 Å². The molecule has 0 rings (SSSR count). The van der Waals surface area contributed by atoms with E-state index in [-0.39, 0.29) is 143 Å². The summed E-state index contributed by atoms with van der Waals surface area (Å²) in [7, 11) is -5.39. The van der Waals surface area contributed by atoms with Crippen molar-refractivity contribution in [3.63, 3.8) is 0 Å². The third kappa shape index (κ3) is 63.0. The quantitative estimate of drug-likeness (QED) is 0.199. The first kappa shape index (κ1) is 48.6. The summed E-state index contributed by atoms with van der Waals surface area (Å²) in [6.45, 7) is 10.6. The number of hydrogen-bond donors (Lipinski definition) is 2. The molecule has 0 aromatic rings. The zero-order chi connectivity index (χ0) is 19.9. The molecule has 0 bridgehead atoms. The van der Waals surface area contributed by atoms with Crippen LogP contribution in [0.2, 0.25) is 0 Å². The van der Waals surface area contributed by atoms with Crippen molar-refractivity contribution in [1.82, 2.24) is 0 Å². The van der Waals surface area contributed by atoms with Crippen LogP contribution in [0, 0.1) is 0 Å². The van der Waals surface area contributed by atoms with Gasteiger partial charge >= 0.3 is 118 Å². The molecule has 10 nitrogen and oxygen atoms in total. The summed E-state index contributed by atoms with van der Waals surface area (Å²) >= 11 is 0. The van der Waals surface area contributed by atoms with E-state index in [4.69, 9.17) is 38.9 Å². The van der Waals surface area contributed by atoms with E-state index in [1.807, 2.05) is 6.92 Å². The van der Waals surface area contributed by atoms with Gasteiger partial charge in [-0.3, -0.25) is 0 Å². The number of aliphatic hydroxyl groups excluding tert-OH is 2. The van der Waals surface area contributed by atoms with Gasteiger partial charge in [-0.1, -0.05) is 6.58 Å². The number of carbonyl (C=O) groups excluding carboxylic acids is 1. The average Bonchev–Trinajstić information content (AvgIpc) is 2.41. The van der Waals surface area contributed by atoms with Crippen LogP contribution in [0.25, 0.3) is 0 Å². The predicted octanol–water partition coefficient (Wildman–Crippen LogP) is -15.3. The van der Waals surface area contributed by atoms with Crippen LogP contribution in [0.15, 0.2) is 12.2 Å². The molecule has 3 unspecified atom stereocenters. The molecule has 0 heterocycles. The maximum Gasteiger partial charge on any atom is 1.00 e. The van der Waals surface area contributed by atoms with E-state index in [9.17, 15) is 9.90 Å². The standard InChI is InChI=1S/C9H20O4.C4H6O2.4Na.H3O4P/c1-7(11)5-12-9(3)6-13-8(2)4-10;1-3(2)4(5)6;;;;;1-5(2,3)4/h7-11H,4-6H2,1-3H3;1H2,2H3,(H,5,6);;;;;(H3,1,2,3,4)/q;;4*+1;/p-4. The normalized spacial score (nSPS) is 12.2. The summed E-state index contributed by atoms with van der Waals surface area (Å²) in [4.78, 5) is 35.1. The Morgan fingerprint density at radius 3 is 1.50 bits per heavy atom. The Balaban J connectivity index is -0.0000000504. The minimum absolute atomic E-state index is 0. The summed E-state index contributed by atoms with van der Waals surface area (Å²) in [5.74, 6) is -1.19. The third-order valence-electron chi connectivity index (χ3n) is 1.84. The second-order valence-corrected chi connectivity index (χ2v) is 5.73. The van der Waals surface area contributed by atoms with Crippen molar-refractivity contribution in [3.8, 4) is 0 Å². The predicted molar refractivity (Wildman–Crippen MR) is 77.0 cm³/mol. The van der Waals surface area contributed by atoms with E-state index < -0.39 is 19.9 Å². The smallest absolute Gasteiger partial charge is 0.822 e. The Kier molecular flexibility index (Phi) is 52.3. The van der Waals surface area contributed by atoms with Crippen molar-refractivity contribution >= 4 is 13.8 Å². The van der Waals surface area contributed by atoms with E-state index in [0.29, 0.717) is 13.2 Å². The maximum absolute atomic E-state index is 9.49. The molecule has 15 heteroatoms. The molecule has 28 heavy (non-hydrogen) atoms. The molecule has 2 N–H and O–H groups in total. The number of aliphatic carboxylic acids is 1. The van der Waals surface area contributed by atoms with Gasteiger partial charge in [-0.15, -0.1) is 0 Å². The van der Waals surface area contributed by atoms with Crippen LogP contribution in [-0.4, -0.2) is 54.3 Å². The summed E-state index contributed by atoms with van der Waals surface area (Å²) in [6.07, 6.45) is -0.654. The fraction of sp³-hybridized carbons (Fsp3) is 0.769. The molecule has 0 amide bonds. The van der Waals surface area contributed by atoms with E-state index in [1.54, 1.807) is 13.8 Å². The Labute approximate surface area is 255 Å². The molecule has 0 aliphatic carbocycles. The van der Waals surface area contributed by atoms with Gasteiger partial charge in [0.2, 0.25) is 0 Å². The van der Waals surface area contributed by atoms with Crippen LogP contribution in [0.3, 0.4) is 0 Å². The fourth-order valence-electron chi connectivity index (χ4n) is 0.704. The number of ether oxygens (including phenoxy) is 2. The Bertz CT molecular complexity index is 375. The van der Waals surface area contributed by atoms with E-state index in [2.05, 4.69) is 6.58 Å². The van der Waals surface area contributed by atoms with Crippen LogP contribution in [0.1, 0.15) is 27.7 Å².